The molecule has 1 aromatic carbocycles. The van der Waals surface area contributed by atoms with Gasteiger partial charge in [-0.2, -0.15) is 5.10 Å². The van der Waals surface area contributed by atoms with Crippen molar-refractivity contribution in [1.29, 1.82) is 0 Å². The van der Waals surface area contributed by atoms with E-state index in [9.17, 15) is 0 Å². The summed E-state index contributed by atoms with van der Waals surface area (Å²) in [5.41, 5.74) is 2.22. The lowest BCUT2D eigenvalue weighted by atomic mass is 10.1. The molecule has 22 heavy (non-hydrogen) atoms. The lowest BCUT2D eigenvalue weighted by Crippen LogP contribution is -2.33. The Morgan fingerprint density at radius 3 is 2.91 bits per heavy atom. The van der Waals surface area contributed by atoms with E-state index in [2.05, 4.69) is 42.1 Å². The number of likely N-dealkylation sites (tertiary alicyclic amines) is 1. The fourth-order valence-corrected chi connectivity index (χ4v) is 3.28. The van der Waals surface area contributed by atoms with E-state index in [0.29, 0.717) is 12.1 Å². The number of hydrogen-bond acceptors (Lipinski definition) is 3. The Bertz CT molecular complexity index is 629. The number of benzene rings is 1. The summed E-state index contributed by atoms with van der Waals surface area (Å²) in [6, 6.07) is 9.05. The predicted molar refractivity (Wildman–Crippen MR) is 90.5 cm³/mol. The third kappa shape index (κ3) is 3.35. The van der Waals surface area contributed by atoms with Gasteiger partial charge in [-0.3, -0.25) is 4.90 Å². The van der Waals surface area contributed by atoms with Gasteiger partial charge in [0.1, 0.15) is 0 Å². The van der Waals surface area contributed by atoms with E-state index in [0.717, 1.165) is 23.8 Å². The zero-order valence-corrected chi connectivity index (χ0v) is 14.2. The minimum atomic E-state index is 0.620. The first-order valence-corrected chi connectivity index (χ1v) is 8.10. The molecule has 118 valence electrons. The number of halogens is 1. The highest BCUT2D eigenvalue weighted by Gasteiger charge is 2.28. The second kappa shape index (κ2) is 6.41. The van der Waals surface area contributed by atoms with Crippen molar-refractivity contribution in [2.24, 2.45) is 0 Å². The summed E-state index contributed by atoms with van der Waals surface area (Å²) in [6.45, 7) is 4.36. The van der Waals surface area contributed by atoms with E-state index >= 15 is 0 Å². The molecule has 2 atom stereocenters. The molecular formula is C17H23ClN4. The molecule has 0 aliphatic carbocycles. The molecule has 1 fully saturated rings. The van der Waals surface area contributed by atoms with E-state index in [-0.39, 0.29) is 0 Å². The van der Waals surface area contributed by atoms with Crippen molar-refractivity contribution in [2.45, 2.75) is 32.0 Å². The highest BCUT2D eigenvalue weighted by molar-refractivity contribution is 6.30. The maximum Gasteiger partial charge on any atom is 0.0660 e. The first kappa shape index (κ1) is 15.5. The van der Waals surface area contributed by atoms with Crippen molar-refractivity contribution >= 4 is 11.6 Å². The molecule has 1 aliphatic heterocycles. The highest BCUT2D eigenvalue weighted by Crippen LogP contribution is 2.21. The van der Waals surface area contributed by atoms with Gasteiger partial charge in [-0.1, -0.05) is 17.7 Å². The number of hydrogen-bond donors (Lipinski definition) is 0. The minimum Gasteiger partial charge on any atom is -0.302 e. The minimum absolute atomic E-state index is 0.620. The van der Waals surface area contributed by atoms with Crippen LogP contribution in [0.3, 0.4) is 0 Å². The lowest BCUT2D eigenvalue weighted by Gasteiger charge is -2.23. The summed E-state index contributed by atoms with van der Waals surface area (Å²) < 4.78 is 1.89. The van der Waals surface area contributed by atoms with Crippen LogP contribution in [0, 0.1) is 0 Å². The fraction of sp³-hybridized carbons (Fsp3) is 0.471. The molecule has 0 bridgehead atoms. The quantitative estimate of drug-likeness (QED) is 0.866. The summed E-state index contributed by atoms with van der Waals surface area (Å²) >= 11 is 6.05. The summed E-state index contributed by atoms with van der Waals surface area (Å²) in [5.74, 6) is 0. The summed E-state index contributed by atoms with van der Waals surface area (Å²) in [7, 11) is 4.41. The molecule has 0 radical (unpaired) electrons. The molecule has 0 unspecified atom stereocenters. The Kier molecular flexibility index (Phi) is 4.52. The van der Waals surface area contributed by atoms with Crippen LogP contribution in [-0.4, -0.2) is 52.3 Å². The second-order valence-corrected chi connectivity index (χ2v) is 6.80. The fourth-order valence-electron chi connectivity index (χ4n) is 3.10. The molecule has 4 nitrogen and oxygen atoms in total. The largest absolute Gasteiger partial charge is 0.302 e. The maximum absolute atomic E-state index is 6.05. The molecule has 1 saturated heterocycles. The van der Waals surface area contributed by atoms with Gasteiger partial charge in [0, 0.05) is 42.0 Å². The van der Waals surface area contributed by atoms with Crippen molar-refractivity contribution in [3.8, 4) is 5.69 Å². The SMILES string of the molecule is C[C@@H]1C[C@@H](N(C)Cc2cnn(-c3cccc(Cl)c3)c2)CN1C. The molecule has 0 amide bonds. The number of rotatable bonds is 4. The Morgan fingerprint density at radius 2 is 2.23 bits per heavy atom. The van der Waals surface area contributed by atoms with Crippen LogP contribution in [0.5, 0.6) is 0 Å². The third-order valence-electron chi connectivity index (χ3n) is 4.63. The van der Waals surface area contributed by atoms with Gasteiger partial charge in [0.15, 0.2) is 0 Å². The average molecular weight is 319 g/mol. The molecule has 1 aliphatic rings. The number of likely N-dealkylation sites (N-methyl/N-ethyl adjacent to an activating group) is 2. The predicted octanol–water partition coefficient (Wildman–Crippen LogP) is 3.05. The standard InChI is InChI=1S/C17H23ClN4/c1-13-7-17(12-20(13)2)21(3)10-14-9-19-22(11-14)16-6-4-5-15(18)8-16/h4-6,8-9,11,13,17H,7,10,12H2,1-3H3/t13-,17-/m1/s1. The van der Waals surface area contributed by atoms with Crippen LogP contribution in [-0.2, 0) is 6.54 Å². The van der Waals surface area contributed by atoms with Crippen molar-refractivity contribution in [1.82, 2.24) is 19.6 Å². The Labute approximate surface area is 137 Å². The van der Waals surface area contributed by atoms with E-state index < -0.39 is 0 Å². The molecule has 0 saturated carbocycles. The van der Waals surface area contributed by atoms with Gasteiger partial charge in [0.25, 0.3) is 0 Å². The van der Waals surface area contributed by atoms with Gasteiger partial charge >= 0.3 is 0 Å². The molecule has 0 spiro atoms. The summed E-state index contributed by atoms with van der Waals surface area (Å²) in [4.78, 5) is 4.86. The number of nitrogens with zero attached hydrogens (tertiary/aromatic N) is 4. The van der Waals surface area contributed by atoms with Crippen molar-refractivity contribution in [2.75, 3.05) is 20.6 Å². The Morgan fingerprint density at radius 1 is 1.41 bits per heavy atom. The van der Waals surface area contributed by atoms with Gasteiger partial charge in [0.05, 0.1) is 11.9 Å². The van der Waals surface area contributed by atoms with Gasteiger partial charge in [0.2, 0.25) is 0 Å². The highest BCUT2D eigenvalue weighted by atomic mass is 35.5. The zero-order valence-electron chi connectivity index (χ0n) is 13.4. The van der Waals surface area contributed by atoms with E-state index in [4.69, 9.17) is 11.6 Å². The number of aromatic nitrogens is 2. The zero-order chi connectivity index (χ0) is 15.7. The second-order valence-electron chi connectivity index (χ2n) is 6.37. The van der Waals surface area contributed by atoms with Gasteiger partial charge in [-0.05, 0) is 45.6 Å². The van der Waals surface area contributed by atoms with E-state index in [1.54, 1.807) is 0 Å². The molecule has 2 aromatic rings. The summed E-state index contributed by atoms with van der Waals surface area (Å²) in [6.07, 6.45) is 5.26. The van der Waals surface area contributed by atoms with Crippen LogP contribution in [0.4, 0.5) is 0 Å². The van der Waals surface area contributed by atoms with Crippen molar-refractivity contribution in [3.63, 3.8) is 0 Å². The first-order valence-electron chi connectivity index (χ1n) is 7.73. The molecule has 5 heteroatoms. The molecule has 2 heterocycles. The topological polar surface area (TPSA) is 24.3 Å². The molecule has 3 rings (SSSR count). The van der Waals surface area contributed by atoms with Crippen LogP contribution < -0.4 is 0 Å². The van der Waals surface area contributed by atoms with Crippen LogP contribution in [0.2, 0.25) is 5.02 Å². The first-order chi connectivity index (χ1) is 10.5. The van der Waals surface area contributed by atoms with Crippen LogP contribution in [0.1, 0.15) is 18.9 Å². The van der Waals surface area contributed by atoms with Crippen LogP contribution in [0.15, 0.2) is 36.7 Å². The third-order valence-corrected chi connectivity index (χ3v) is 4.86. The van der Waals surface area contributed by atoms with Gasteiger partial charge < -0.3 is 4.90 Å². The lowest BCUT2D eigenvalue weighted by molar-refractivity contribution is 0.233. The van der Waals surface area contributed by atoms with Gasteiger partial charge in [-0.25, -0.2) is 4.68 Å². The van der Waals surface area contributed by atoms with Crippen LogP contribution >= 0.6 is 11.6 Å². The average Bonchev–Trinajstić information content (AvgIpc) is 3.07. The van der Waals surface area contributed by atoms with E-state index in [1.807, 2.05) is 35.1 Å². The van der Waals surface area contributed by atoms with Gasteiger partial charge in [-0.15, -0.1) is 0 Å². The molecule has 1 aromatic heterocycles. The van der Waals surface area contributed by atoms with E-state index in [1.165, 1.54) is 12.0 Å². The Balaban J connectivity index is 1.67. The van der Waals surface area contributed by atoms with Crippen molar-refractivity contribution in [3.05, 3.63) is 47.2 Å². The van der Waals surface area contributed by atoms with Crippen LogP contribution in [0.25, 0.3) is 5.69 Å². The molecular weight excluding hydrogens is 296 g/mol. The normalized spacial score (nSPS) is 22.6. The van der Waals surface area contributed by atoms with Crippen molar-refractivity contribution < 1.29 is 0 Å². The smallest absolute Gasteiger partial charge is 0.0660 e. The maximum atomic E-state index is 6.05. The Hall–Kier alpha value is -1.36. The molecule has 0 N–H and O–H groups in total. The summed E-state index contributed by atoms with van der Waals surface area (Å²) in [5, 5.41) is 5.19. The monoisotopic (exact) mass is 318 g/mol.